The van der Waals surface area contributed by atoms with Gasteiger partial charge in [-0.05, 0) is 37.0 Å². The van der Waals surface area contributed by atoms with E-state index in [1.54, 1.807) is 11.0 Å². The van der Waals surface area contributed by atoms with Crippen LogP contribution in [0.2, 0.25) is 0 Å². The average Bonchev–Trinajstić information content (AvgIpc) is 3.16. The first-order valence-electron chi connectivity index (χ1n) is 7.19. The van der Waals surface area contributed by atoms with E-state index in [0.717, 1.165) is 30.5 Å². The number of amides is 1. The van der Waals surface area contributed by atoms with Gasteiger partial charge in [0.1, 0.15) is 12.7 Å². The molecule has 2 atom stereocenters. The van der Waals surface area contributed by atoms with Crippen LogP contribution in [0.5, 0.6) is 0 Å². The topological polar surface area (TPSA) is 85.8 Å². The Balaban J connectivity index is 0.00000132. The molecule has 0 aliphatic heterocycles. The lowest BCUT2D eigenvalue weighted by Gasteiger charge is -2.11. The molecule has 8 heteroatoms. The molecule has 1 saturated carbocycles. The Morgan fingerprint density at radius 3 is 2.57 bits per heavy atom. The summed E-state index contributed by atoms with van der Waals surface area (Å²) < 4.78 is 1.70. The van der Waals surface area contributed by atoms with Crippen molar-refractivity contribution < 1.29 is 4.79 Å². The zero-order valence-electron chi connectivity index (χ0n) is 12.6. The minimum Gasteiger partial charge on any atom is -0.352 e. The van der Waals surface area contributed by atoms with E-state index >= 15 is 0 Å². The molecule has 1 aromatic heterocycles. The average molecular weight is 358 g/mol. The van der Waals surface area contributed by atoms with Crippen molar-refractivity contribution in [3.05, 3.63) is 42.5 Å². The molecule has 0 bridgehead atoms. The van der Waals surface area contributed by atoms with Crippen LogP contribution in [0.3, 0.4) is 0 Å². The van der Waals surface area contributed by atoms with Crippen LogP contribution in [-0.2, 0) is 11.3 Å². The van der Waals surface area contributed by atoms with Gasteiger partial charge in [-0.2, -0.15) is 5.10 Å². The number of nitrogens with one attached hydrogen (secondary N) is 1. The molecule has 2 aromatic rings. The minimum absolute atomic E-state index is 0. The first-order chi connectivity index (χ1) is 10.2. The van der Waals surface area contributed by atoms with E-state index in [9.17, 15) is 4.79 Å². The Morgan fingerprint density at radius 1 is 1.26 bits per heavy atom. The molecule has 1 fully saturated rings. The molecule has 3 rings (SSSR count). The highest BCUT2D eigenvalue weighted by atomic mass is 35.5. The zero-order chi connectivity index (χ0) is 14.7. The van der Waals surface area contributed by atoms with E-state index in [0.29, 0.717) is 6.54 Å². The smallest absolute Gasteiger partial charge is 0.223 e. The summed E-state index contributed by atoms with van der Waals surface area (Å²) in [5, 5.41) is 7.06. The van der Waals surface area contributed by atoms with E-state index in [1.165, 1.54) is 6.33 Å². The molecule has 1 heterocycles. The number of carbonyl (C=O) groups is 1. The number of nitrogens with two attached hydrogens (primary N) is 1. The predicted octanol–water partition coefficient (Wildman–Crippen LogP) is 1.85. The van der Waals surface area contributed by atoms with Crippen molar-refractivity contribution in [3.63, 3.8) is 0 Å². The molecular formula is C15H21Cl2N5O. The molecule has 0 radical (unpaired) electrons. The molecule has 126 valence electrons. The van der Waals surface area contributed by atoms with Gasteiger partial charge in [-0.3, -0.25) is 4.79 Å². The Kier molecular flexibility index (Phi) is 7.48. The fraction of sp³-hybridized carbons (Fsp3) is 0.400. The largest absolute Gasteiger partial charge is 0.352 e. The highest BCUT2D eigenvalue weighted by molar-refractivity contribution is 5.85. The maximum Gasteiger partial charge on any atom is 0.223 e. The molecule has 1 aliphatic carbocycles. The van der Waals surface area contributed by atoms with Gasteiger partial charge in [-0.15, -0.1) is 24.8 Å². The lowest BCUT2D eigenvalue weighted by atomic mass is 10.1. The zero-order valence-corrected chi connectivity index (χ0v) is 14.2. The summed E-state index contributed by atoms with van der Waals surface area (Å²) in [5.74, 6) is 0.192. The third-order valence-electron chi connectivity index (χ3n) is 3.93. The van der Waals surface area contributed by atoms with Crippen molar-refractivity contribution >= 4 is 30.7 Å². The van der Waals surface area contributed by atoms with Crippen LogP contribution in [-0.4, -0.2) is 26.7 Å². The lowest BCUT2D eigenvalue weighted by molar-refractivity contribution is -0.125. The summed E-state index contributed by atoms with van der Waals surface area (Å²) >= 11 is 0. The quantitative estimate of drug-likeness (QED) is 0.874. The van der Waals surface area contributed by atoms with Gasteiger partial charge in [-0.1, -0.05) is 12.1 Å². The molecule has 3 N–H and O–H groups in total. The van der Waals surface area contributed by atoms with Gasteiger partial charge in [0.25, 0.3) is 0 Å². The van der Waals surface area contributed by atoms with Crippen LogP contribution in [0, 0.1) is 5.92 Å². The molecule has 1 aromatic carbocycles. The number of aromatic nitrogens is 3. The molecule has 1 aliphatic rings. The first-order valence-corrected chi connectivity index (χ1v) is 7.19. The second-order valence-electron chi connectivity index (χ2n) is 5.49. The maximum absolute atomic E-state index is 12.0. The number of benzene rings is 1. The van der Waals surface area contributed by atoms with Crippen LogP contribution < -0.4 is 11.1 Å². The molecule has 0 spiro atoms. The molecule has 23 heavy (non-hydrogen) atoms. The van der Waals surface area contributed by atoms with Gasteiger partial charge in [0.05, 0.1) is 5.69 Å². The maximum atomic E-state index is 12.0. The number of hydrogen-bond acceptors (Lipinski definition) is 4. The van der Waals surface area contributed by atoms with Crippen molar-refractivity contribution in [2.45, 2.75) is 31.8 Å². The van der Waals surface area contributed by atoms with Crippen LogP contribution in [0.1, 0.15) is 24.8 Å². The van der Waals surface area contributed by atoms with Gasteiger partial charge in [0.2, 0.25) is 5.91 Å². The molecular weight excluding hydrogens is 337 g/mol. The van der Waals surface area contributed by atoms with Gasteiger partial charge in [0, 0.05) is 18.5 Å². The number of hydrogen-bond donors (Lipinski definition) is 2. The monoisotopic (exact) mass is 357 g/mol. The predicted molar refractivity (Wildman–Crippen MR) is 93.0 cm³/mol. The van der Waals surface area contributed by atoms with Crippen LogP contribution >= 0.6 is 24.8 Å². The van der Waals surface area contributed by atoms with Crippen molar-refractivity contribution in [1.82, 2.24) is 20.1 Å². The van der Waals surface area contributed by atoms with Crippen LogP contribution in [0.25, 0.3) is 5.69 Å². The van der Waals surface area contributed by atoms with E-state index < -0.39 is 0 Å². The van der Waals surface area contributed by atoms with Crippen LogP contribution in [0.4, 0.5) is 0 Å². The Hall–Kier alpha value is -1.63. The number of rotatable bonds is 4. The SMILES string of the molecule is Cl.Cl.NC1CCC(C(=O)NCc2ccc(-n3cncn3)cc2)C1. The van der Waals surface area contributed by atoms with Gasteiger partial charge in [0.15, 0.2) is 0 Å². The standard InChI is InChI=1S/C15H19N5O.2ClH/c16-13-4-3-12(7-13)15(21)18-8-11-1-5-14(6-2-11)20-10-17-9-19-20;;/h1-2,5-6,9-10,12-13H,3-4,7-8,16H2,(H,18,21);2*1H. The molecule has 6 nitrogen and oxygen atoms in total. The Bertz CT molecular complexity index is 603. The second-order valence-corrected chi connectivity index (χ2v) is 5.49. The number of carbonyl (C=O) groups excluding carboxylic acids is 1. The van der Waals surface area contributed by atoms with Crippen molar-refractivity contribution in [3.8, 4) is 5.69 Å². The highest BCUT2D eigenvalue weighted by Crippen LogP contribution is 2.24. The molecule has 1 amide bonds. The van der Waals surface area contributed by atoms with Gasteiger partial charge < -0.3 is 11.1 Å². The van der Waals surface area contributed by atoms with Gasteiger partial charge in [-0.25, -0.2) is 9.67 Å². The lowest BCUT2D eigenvalue weighted by Crippen LogP contribution is -2.29. The summed E-state index contributed by atoms with van der Waals surface area (Å²) in [6, 6.07) is 8.07. The van der Waals surface area contributed by atoms with E-state index in [1.807, 2.05) is 24.3 Å². The fourth-order valence-corrected chi connectivity index (χ4v) is 2.70. The normalized spacial score (nSPS) is 19.5. The Labute approximate surface area is 147 Å². The molecule has 0 saturated heterocycles. The second kappa shape index (κ2) is 8.86. The van der Waals surface area contributed by atoms with Crippen molar-refractivity contribution in [2.24, 2.45) is 11.7 Å². The Morgan fingerprint density at radius 2 is 2.00 bits per heavy atom. The third kappa shape index (κ3) is 4.92. The summed E-state index contributed by atoms with van der Waals surface area (Å²) in [6.45, 7) is 0.544. The molecule has 2 unspecified atom stereocenters. The minimum atomic E-state index is 0. The summed E-state index contributed by atoms with van der Waals surface area (Å²) in [5.41, 5.74) is 7.85. The number of halogens is 2. The van der Waals surface area contributed by atoms with E-state index in [2.05, 4.69) is 15.4 Å². The summed E-state index contributed by atoms with van der Waals surface area (Å²) in [4.78, 5) is 15.9. The van der Waals surface area contributed by atoms with Crippen molar-refractivity contribution in [2.75, 3.05) is 0 Å². The van der Waals surface area contributed by atoms with E-state index in [-0.39, 0.29) is 42.7 Å². The highest BCUT2D eigenvalue weighted by Gasteiger charge is 2.27. The van der Waals surface area contributed by atoms with Crippen LogP contribution in [0.15, 0.2) is 36.9 Å². The fourth-order valence-electron chi connectivity index (χ4n) is 2.70. The van der Waals surface area contributed by atoms with Gasteiger partial charge >= 0.3 is 0 Å². The third-order valence-corrected chi connectivity index (χ3v) is 3.93. The van der Waals surface area contributed by atoms with E-state index in [4.69, 9.17) is 5.73 Å². The van der Waals surface area contributed by atoms with Crippen molar-refractivity contribution in [1.29, 1.82) is 0 Å². The number of nitrogens with zero attached hydrogens (tertiary/aromatic N) is 3. The first kappa shape index (κ1) is 19.4. The summed E-state index contributed by atoms with van der Waals surface area (Å²) in [7, 11) is 0. The summed E-state index contributed by atoms with van der Waals surface area (Å²) in [6.07, 6.45) is 5.81.